The molecule has 0 spiro atoms. The number of fused-ring (bicyclic) bond motifs is 1. The number of amides is 2. The Bertz CT molecular complexity index is 774. The van der Waals surface area contributed by atoms with Gasteiger partial charge in [0.25, 0.3) is 0 Å². The first-order chi connectivity index (χ1) is 12.6. The molecule has 136 valence electrons. The Kier molecular flexibility index (Phi) is 4.53. The van der Waals surface area contributed by atoms with Crippen molar-refractivity contribution < 1.29 is 14.0 Å². The summed E-state index contributed by atoms with van der Waals surface area (Å²) in [5, 5.41) is 6.25. The van der Waals surface area contributed by atoms with Gasteiger partial charge in [-0.15, -0.1) is 0 Å². The summed E-state index contributed by atoms with van der Waals surface area (Å²) in [5.41, 5.74) is 2.29. The van der Waals surface area contributed by atoms with Crippen molar-refractivity contribution in [1.29, 1.82) is 0 Å². The first-order valence-corrected chi connectivity index (χ1v) is 9.31. The molecule has 2 aliphatic rings. The minimum Gasteiger partial charge on any atom is -0.469 e. The molecule has 2 N–H and O–H groups in total. The maximum Gasteiger partial charge on any atom is 0.220 e. The molecule has 5 heteroatoms. The van der Waals surface area contributed by atoms with Crippen molar-refractivity contribution in [2.24, 2.45) is 0 Å². The fourth-order valence-corrected chi connectivity index (χ4v) is 4.24. The van der Waals surface area contributed by atoms with E-state index in [-0.39, 0.29) is 23.4 Å². The van der Waals surface area contributed by atoms with Gasteiger partial charge in [0.15, 0.2) is 0 Å². The molecule has 2 aromatic rings. The maximum absolute atomic E-state index is 12.5. The first kappa shape index (κ1) is 16.9. The van der Waals surface area contributed by atoms with E-state index in [2.05, 4.69) is 22.8 Å². The van der Waals surface area contributed by atoms with Crippen LogP contribution in [-0.2, 0) is 28.9 Å². The lowest BCUT2D eigenvalue weighted by atomic mass is 9.87. The average molecular weight is 352 g/mol. The summed E-state index contributed by atoms with van der Waals surface area (Å²) in [4.78, 5) is 24.3. The Morgan fingerprint density at radius 1 is 1.19 bits per heavy atom. The lowest BCUT2D eigenvalue weighted by Gasteiger charge is -2.28. The van der Waals surface area contributed by atoms with Gasteiger partial charge < -0.3 is 15.1 Å². The van der Waals surface area contributed by atoms with Crippen molar-refractivity contribution in [1.82, 2.24) is 10.6 Å². The van der Waals surface area contributed by atoms with Gasteiger partial charge in [0.1, 0.15) is 5.76 Å². The van der Waals surface area contributed by atoms with E-state index in [1.807, 2.05) is 24.3 Å². The molecule has 1 fully saturated rings. The second-order valence-electron chi connectivity index (χ2n) is 7.53. The van der Waals surface area contributed by atoms with Gasteiger partial charge >= 0.3 is 0 Å². The number of nitrogens with one attached hydrogen (secondary N) is 2. The Morgan fingerprint density at radius 2 is 1.96 bits per heavy atom. The predicted octanol–water partition coefficient (Wildman–Crippen LogP) is 2.53. The van der Waals surface area contributed by atoms with E-state index in [9.17, 15) is 9.59 Å². The third-order valence-electron chi connectivity index (χ3n) is 5.57. The van der Waals surface area contributed by atoms with Crippen molar-refractivity contribution in [3.05, 3.63) is 59.5 Å². The van der Waals surface area contributed by atoms with Gasteiger partial charge in [-0.1, -0.05) is 24.3 Å². The molecule has 0 saturated carbocycles. The largest absolute Gasteiger partial charge is 0.469 e. The minimum atomic E-state index is -0.370. The van der Waals surface area contributed by atoms with Gasteiger partial charge in [-0.3, -0.25) is 9.59 Å². The Balaban J connectivity index is 1.33. The monoisotopic (exact) mass is 352 g/mol. The molecule has 26 heavy (non-hydrogen) atoms. The highest BCUT2D eigenvalue weighted by Crippen LogP contribution is 2.30. The molecule has 1 aliphatic carbocycles. The number of hydrogen-bond acceptors (Lipinski definition) is 3. The number of hydrogen-bond donors (Lipinski definition) is 2. The fraction of sp³-hybridized carbons (Fsp3) is 0.429. The van der Waals surface area contributed by atoms with E-state index in [0.29, 0.717) is 25.7 Å². The summed E-state index contributed by atoms with van der Waals surface area (Å²) in [5.74, 6) is 0.963. The molecule has 1 aromatic heterocycles. The van der Waals surface area contributed by atoms with Crippen LogP contribution < -0.4 is 10.6 Å². The molecule has 1 saturated heterocycles. The zero-order valence-electron chi connectivity index (χ0n) is 14.8. The van der Waals surface area contributed by atoms with E-state index >= 15 is 0 Å². The Labute approximate surface area is 153 Å². The molecule has 1 aliphatic heterocycles. The Hall–Kier alpha value is -2.56. The van der Waals surface area contributed by atoms with E-state index in [0.717, 1.165) is 25.0 Å². The number of carbonyl (C=O) groups is 2. The third kappa shape index (κ3) is 3.66. The molecule has 0 radical (unpaired) electrons. The van der Waals surface area contributed by atoms with Crippen LogP contribution in [0, 0.1) is 0 Å². The first-order valence-electron chi connectivity index (χ1n) is 9.31. The SMILES string of the molecule is O=C(CCC1(Cc2ccco2)CCC(=O)N1)NC1Cc2ccccc2C1. The summed E-state index contributed by atoms with van der Waals surface area (Å²) < 4.78 is 5.45. The normalized spacial score (nSPS) is 22.2. The van der Waals surface area contributed by atoms with Gasteiger partial charge in [0, 0.05) is 30.8 Å². The van der Waals surface area contributed by atoms with Crippen molar-refractivity contribution in [2.75, 3.05) is 0 Å². The maximum atomic E-state index is 12.5. The highest BCUT2D eigenvalue weighted by Gasteiger charge is 2.38. The minimum absolute atomic E-state index is 0.0581. The van der Waals surface area contributed by atoms with Crippen LogP contribution in [0.25, 0.3) is 0 Å². The van der Waals surface area contributed by atoms with Crippen LogP contribution in [-0.4, -0.2) is 23.4 Å². The molecule has 2 heterocycles. The van der Waals surface area contributed by atoms with Gasteiger partial charge in [-0.05, 0) is 48.9 Å². The molecule has 4 rings (SSSR count). The molecular weight excluding hydrogens is 328 g/mol. The molecule has 5 nitrogen and oxygen atoms in total. The number of benzene rings is 1. The quantitative estimate of drug-likeness (QED) is 0.839. The zero-order chi connectivity index (χ0) is 18.0. The molecule has 1 unspecified atom stereocenters. The number of rotatable bonds is 6. The van der Waals surface area contributed by atoms with Crippen molar-refractivity contribution >= 4 is 11.8 Å². The zero-order valence-corrected chi connectivity index (χ0v) is 14.8. The molecular formula is C21H24N2O3. The van der Waals surface area contributed by atoms with Gasteiger partial charge in [-0.25, -0.2) is 0 Å². The van der Waals surface area contributed by atoms with Gasteiger partial charge in [0.2, 0.25) is 11.8 Å². The number of furan rings is 1. The molecule has 0 bridgehead atoms. The lowest BCUT2D eigenvalue weighted by molar-refractivity contribution is -0.123. The van der Waals surface area contributed by atoms with E-state index in [1.54, 1.807) is 6.26 Å². The topological polar surface area (TPSA) is 71.3 Å². The molecule has 1 aromatic carbocycles. The van der Waals surface area contributed by atoms with Crippen LogP contribution in [0.15, 0.2) is 47.1 Å². The summed E-state index contributed by atoms with van der Waals surface area (Å²) >= 11 is 0. The van der Waals surface area contributed by atoms with Crippen molar-refractivity contribution in [3.8, 4) is 0 Å². The standard InChI is InChI=1S/C21H24N2O3/c24-19(22-17-12-15-4-1-2-5-16(15)13-17)7-9-21(10-8-20(25)23-21)14-18-6-3-11-26-18/h1-6,11,17H,7-10,12-14H2,(H,22,24)(H,23,25). The number of carbonyl (C=O) groups excluding carboxylic acids is 2. The summed E-state index contributed by atoms with van der Waals surface area (Å²) in [6.07, 6.45) is 6.37. The van der Waals surface area contributed by atoms with Crippen molar-refractivity contribution in [3.63, 3.8) is 0 Å². The predicted molar refractivity (Wildman–Crippen MR) is 97.5 cm³/mol. The van der Waals surface area contributed by atoms with Gasteiger partial charge in [0.05, 0.1) is 6.26 Å². The van der Waals surface area contributed by atoms with E-state index in [1.165, 1.54) is 11.1 Å². The van der Waals surface area contributed by atoms with Crippen LogP contribution >= 0.6 is 0 Å². The summed E-state index contributed by atoms with van der Waals surface area (Å²) in [6, 6.07) is 12.3. The highest BCUT2D eigenvalue weighted by atomic mass is 16.3. The highest BCUT2D eigenvalue weighted by molar-refractivity contribution is 5.80. The Morgan fingerprint density at radius 3 is 2.58 bits per heavy atom. The third-order valence-corrected chi connectivity index (χ3v) is 5.57. The van der Waals surface area contributed by atoms with Crippen LogP contribution in [0.3, 0.4) is 0 Å². The van der Waals surface area contributed by atoms with Gasteiger partial charge in [-0.2, -0.15) is 0 Å². The van der Waals surface area contributed by atoms with Crippen LogP contribution in [0.4, 0.5) is 0 Å². The second kappa shape index (κ2) is 6.98. The molecule has 2 amide bonds. The molecule has 1 atom stereocenters. The van der Waals surface area contributed by atoms with Crippen LogP contribution in [0.5, 0.6) is 0 Å². The van der Waals surface area contributed by atoms with E-state index in [4.69, 9.17) is 4.42 Å². The summed E-state index contributed by atoms with van der Waals surface area (Å²) in [7, 11) is 0. The second-order valence-corrected chi connectivity index (χ2v) is 7.53. The van der Waals surface area contributed by atoms with E-state index < -0.39 is 0 Å². The summed E-state index contributed by atoms with van der Waals surface area (Å²) in [6.45, 7) is 0. The van der Waals surface area contributed by atoms with Crippen LogP contribution in [0.1, 0.15) is 42.6 Å². The van der Waals surface area contributed by atoms with Crippen molar-refractivity contribution in [2.45, 2.75) is 56.5 Å². The lowest BCUT2D eigenvalue weighted by Crippen LogP contribution is -2.45. The fourth-order valence-electron chi connectivity index (χ4n) is 4.24. The van der Waals surface area contributed by atoms with Crippen LogP contribution in [0.2, 0.25) is 0 Å². The average Bonchev–Trinajstić information content (AvgIpc) is 3.34. The smallest absolute Gasteiger partial charge is 0.220 e.